The molecule has 1 aliphatic heterocycles. The van der Waals surface area contributed by atoms with Crippen molar-refractivity contribution in [2.45, 2.75) is 29.7 Å². The van der Waals surface area contributed by atoms with Crippen LogP contribution in [0.15, 0.2) is 33.6 Å². The maximum absolute atomic E-state index is 12.4. The number of carboxylic acids is 1. The minimum Gasteiger partial charge on any atom is -0.480 e. The first kappa shape index (κ1) is 16.7. The normalized spacial score (nSPS) is 21.5. The fourth-order valence-electron chi connectivity index (χ4n) is 2.15. The Bertz CT molecular complexity index is 523. The van der Waals surface area contributed by atoms with Gasteiger partial charge in [-0.3, -0.25) is 4.79 Å². The van der Waals surface area contributed by atoms with E-state index >= 15 is 0 Å². The van der Waals surface area contributed by atoms with E-state index in [-0.39, 0.29) is 17.0 Å². The maximum atomic E-state index is 12.4. The first-order valence-electron chi connectivity index (χ1n) is 6.57. The third-order valence-corrected chi connectivity index (χ3v) is 6.17. The fraction of sp³-hybridized carbons (Fsp3) is 0.429. The Hall–Kier alpha value is -0.660. The summed E-state index contributed by atoms with van der Waals surface area (Å²) in [6, 6.07) is 7.03. The molecule has 7 heteroatoms. The van der Waals surface area contributed by atoms with Gasteiger partial charge in [0, 0.05) is 15.1 Å². The van der Waals surface area contributed by atoms with Crippen molar-refractivity contribution in [2.75, 3.05) is 11.5 Å². The standard InChI is InChI=1S/C14H16BrNO3S2/c1-2-13-16(11(7-21-13)14(18)19)12(17)8-20-10-5-3-9(15)4-6-10/h3-6,11,13H,2,7-8H2,1H3,(H,18,19). The molecule has 2 unspecified atom stereocenters. The summed E-state index contributed by atoms with van der Waals surface area (Å²) in [4.78, 5) is 26.2. The summed E-state index contributed by atoms with van der Waals surface area (Å²) < 4.78 is 0.992. The molecule has 0 aromatic heterocycles. The van der Waals surface area contributed by atoms with Gasteiger partial charge in [-0.05, 0) is 30.7 Å². The number of carbonyl (C=O) groups excluding carboxylic acids is 1. The molecular weight excluding hydrogens is 374 g/mol. The molecule has 2 rings (SSSR count). The Kier molecular flexibility index (Phi) is 6.01. The molecule has 1 amide bonds. The Balaban J connectivity index is 2.00. The van der Waals surface area contributed by atoms with Crippen molar-refractivity contribution in [3.05, 3.63) is 28.7 Å². The molecule has 1 aromatic rings. The van der Waals surface area contributed by atoms with Crippen molar-refractivity contribution >= 4 is 51.3 Å². The van der Waals surface area contributed by atoms with Crippen molar-refractivity contribution in [3.63, 3.8) is 0 Å². The van der Waals surface area contributed by atoms with Gasteiger partial charge < -0.3 is 10.0 Å². The first-order chi connectivity index (χ1) is 10.0. The van der Waals surface area contributed by atoms with Crippen molar-refractivity contribution in [1.82, 2.24) is 4.90 Å². The molecule has 0 spiro atoms. The van der Waals surface area contributed by atoms with Crippen LogP contribution in [0.5, 0.6) is 0 Å². The summed E-state index contributed by atoms with van der Waals surface area (Å²) in [5.74, 6) is -0.280. The second-order valence-corrected chi connectivity index (χ2v) is 7.77. The Labute approximate surface area is 140 Å². The lowest BCUT2D eigenvalue weighted by molar-refractivity contribution is -0.148. The van der Waals surface area contributed by atoms with E-state index in [0.717, 1.165) is 15.8 Å². The predicted molar refractivity (Wildman–Crippen MR) is 89.7 cm³/mol. The zero-order valence-corrected chi connectivity index (χ0v) is 14.7. The van der Waals surface area contributed by atoms with Crippen LogP contribution < -0.4 is 0 Å². The van der Waals surface area contributed by atoms with Crippen LogP contribution in [0.4, 0.5) is 0 Å². The number of nitrogens with zero attached hydrogens (tertiary/aromatic N) is 1. The van der Waals surface area contributed by atoms with Crippen LogP contribution in [0.25, 0.3) is 0 Å². The summed E-state index contributed by atoms with van der Waals surface area (Å²) in [5.41, 5.74) is 0. The number of amides is 1. The van der Waals surface area contributed by atoms with Crippen LogP contribution in [0.3, 0.4) is 0 Å². The van der Waals surface area contributed by atoms with Crippen LogP contribution in [-0.2, 0) is 9.59 Å². The zero-order valence-electron chi connectivity index (χ0n) is 11.5. The van der Waals surface area contributed by atoms with Crippen molar-refractivity contribution in [2.24, 2.45) is 0 Å². The SMILES string of the molecule is CCC1SCC(C(=O)O)N1C(=O)CSc1ccc(Br)cc1. The van der Waals surface area contributed by atoms with E-state index in [1.54, 1.807) is 16.7 Å². The van der Waals surface area contributed by atoms with Gasteiger partial charge in [-0.2, -0.15) is 0 Å². The average molecular weight is 390 g/mol. The Morgan fingerprint density at radius 1 is 1.43 bits per heavy atom. The molecular formula is C14H16BrNO3S2. The number of hydrogen-bond donors (Lipinski definition) is 1. The highest BCUT2D eigenvalue weighted by molar-refractivity contribution is 9.10. The molecule has 0 aliphatic carbocycles. The fourth-order valence-corrected chi connectivity index (χ4v) is 4.55. The number of hydrogen-bond acceptors (Lipinski definition) is 4. The van der Waals surface area contributed by atoms with E-state index in [1.165, 1.54) is 11.8 Å². The Morgan fingerprint density at radius 2 is 2.10 bits per heavy atom. The highest BCUT2D eigenvalue weighted by atomic mass is 79.9. The molecule has 1 aromatic carbocycles. The lowest BCUT2D eigenvalue weighted by Crippen LogP contribution is -2.46. The van der Waals surface area contributed by atoms with E-state index in [1.807, 2.05) is 31.2 Å². The molecule has 1 heterocycles. The van der Waals surface area contributed by atoms with Crippen LogP contribution >= 0.6 is 39.5 Å². The molecule has 1 aliphatic rings. The minimum absolute atomic E-state index is 0.0240. The largest absolute Gasteiger partial charge is 0.480 e. The van der Waals surface area contributed by atoms with Gasteiger partial charge in [-0.1, -0.05) is 22.9 Å². The van der Waals surface area contributed by atoms with E-state index in [0.29, 0.717) is 5.75 Å². The quantitative estimate of drug-likeness (QED) is 0.782. The van der Waals surface area contributed by atoms with Gasteiger partial charge >= 0.3 is 5.97 Å². The van der Waals surface area contributed by atoms with Crippen LogP contribution in [-0.4, -0.2) is 44.8 Å². The molecule has 1 fully saturated rings. The molecule has 1 saturated heterocycles. The number of halogens is 1. The number of thioether (sulfide) groups is 2. The predicted octanol–water partition coefficient (Wildman–Crippen LogP) is 3.31. The highest BCUT2D eigenvalue weighted by Gasteiger charge is 2.40. The molecule has 2 atom stereocenters. The zero-order chi connectivity index (χ0) is 15.4. The summed E-state index contributed by atoms with van der Waals surface area (Å²) in [7, 11) is 0. The van der Waals surface area contributed by atoms with Crippen molar-refractivity contribution in [3.8, 4) is 0 Å². The van der Waals surface area contributed by atoms with Gasteiger partial charge in [0.25, 0.3) is 0 Å². The number of carboxylic acid groups (broad SMARTS) is 1. The average Bonchev–Trinajstić information content (AvgIpc) is 2.90. The van der Waals surface area contributed by atoms with Gasteiger partial charge in [0.05, 0.1) is 11.1 Å². The number of aliphatic carboxylic acids is 1. The molecule has 0 bridgehead atoms. The monoisotopic (exact) mass is 389 g/mol. The molecule has 0 radical (unpaired) electrons. The van der Waals surface area contributed by atoms with Gasteiger partial charge in [-0.15, -0.1) is 23.5 Å². The molecule has 21 heavy (non-hydrogen) atoms. The van der Waals surface area contributed by atoms with Gasteiger partial charge in [-0.25, -0.2) is 4.79 Å². The van der Waals surface area contributed by atoms with E-state index < -0.39 is 12.0 Å². The van der Waals surface area contributed by atoms with Gasteiger partial charge in [0.2, 0.25) is 5.91 Å². The summed E-state index contributed by atoms with van der Waals surface area (Å²) in [6.07, 6.45) is 0.767. The lowest BCUT2D eigenvalue weighted by atomic mass is 10.2. The van der Waals surface area contributed by atoms with Gasteiger partial charge in [0.15, 0.2) is 0 Å². The van der Waals surface area contributed by atoms with Crippen LogP contribution in [0.1, 0.15) is 13.3 Å². The minimum atomic E-state index is -0.916. The van der Waals surface area contributed by atoms with Crippen LogP contribution in [0, 0.1) is 0 Å². The molecule has 0 saturated carbocycles. The molecule has 4 nitrogen and oxygen atoms in total. The lowest BCUT2D eigenvalue weighted by Gasteiger charge is -2.26. The smallest absolute Gasteiger partial charge is 0.327 e. The first-order valence-corrected chi connectivity index (χ1v) is 9.39. The number of carbonyl (C=O) groups is 2. The maximum Gasteiger partial charge on any atom is 0.327 e. The third-order valence-electron chi connectivity index (χ3n) is 3.19. The van der Waals surface area contributed by atoms with Gasteiger partial charge in [0.1, 0.15) is 6.04 Å². The van der Waals surface area contributed by atoms with Crippen molar-refractivity contribution in [1.29, 1.82) is 0 Å². The number of benzene rings is 1. The van der Waals surface area contributed by atoms with Crippen molar-refractivity contribution < 1.29 is 14.7 Å². The molecule has 1 N–H and O–H groups in total. The third kappa shape index (κ3) is 4.17. The summed E-state index contributed by atoms with van der Waals surface area (Å²) in [6.45, 7) is 1.98. The van der Waals surface area contributed by atoms with E-state index in [2.05, 4.69) is 15.9 Å². The van der Waals surface area contributed by atoms with E-state index in [9.17, 15) is 14.7 Å². The second-order valence-electron chi connectivity index (χ2n) is 4.59. The number of rotatable bonds is 5. The van der Waals surface area contributed by atoms with Crippen LogP contribution in [0.2, 0.25) is 0 Å². The van der Waals surface area contributed by atoms with E-state index in [4.69, 9.17) is 0 Å². The Morgan fingerprint density at radius 3 is 2.67 bits per heavy atom. The molecule has 114 valence electrons. The highest BCUT2D eigenvalue weighted by Crippen LogP contribution is 2.32. The summed E-state index contributed by atoms with van der Waals surface area (Å²) >= 11 is 6.35. The summed E-state index contributed by atoms with van der Waals surface area (Å²) in [5, 5.41) is 9.22. The topological polar surface area (TPSA) is 57.6 Å². The second kappa shape index (κ2) is 7.56.